The second kappa shape index (κ2) is 7.04. The van der Waals surface area contributed by atoms with E-state index in [0.29, 0.717) is 6.61 Å². The number of para-hydroxylation sites is 1. The highest BCUT2D eigenvalue weighted by Crippen LogP contribution is 2.30. The van der Waals surface area contributed by atoms with Gasteiger partial charge in [-0.05, 0) is 53.4 Å². The highest BCUT2D eigenvalue weighted by atomic mass is 79.9. The number of benzene rings is 1. The van der Waals surface area contributed by atoms with E-state index in [4.69, 9.17) is 22.1 Å². The first-order chi connectivity index (χ1) is 8.04. The van der Waals surface area contributed by atoms with Crippen LogP contribution in [0.5, 0.6) is 5.75 Å². The molecule has 17 heavy (non-hydrogen) atoms. The molecular weight excluding hydrogens is 302 g/mol. The average molecular weight is 319 g/mol. The van der Waals surface area contributed by atoms with E-state index < -0.39 is 0 Å². The molecule has 1 aromatic rings. The van der Waals surface area contributed by atoms with Crippen molar-refractivity contribution in [1.29, 1.82) is 0 Å². The maximum atomic E-state index is 5.82. The van der Waals surface area contributed by atoms with E-state index in [1.54, 1.807) is 0 Å². The smallest absolute Gasteiger partial charge is 0.137 e. The highest BCUT2D eigenvalue weighted by Gasteiger charge is 2.09. The summed E-state index contributed by atoms with van der Waals surface area (Å²) in [6.45, 7) is 4.39. The first kappa shape index (κ1) is 14.6. The molecule has 94 valence electrons. The molecule has 0 aliphatic rings. The van der Waals surface area contributed by atoms with Crippen molar-refractivity contribution in [3.63, 3.8) is 0 Å². The van der Waals surface area contributed by atoms with Gasteiger partial charge in [-0.1, -0.05) is 23.7 Å². The highest BCUT2D eigenvalue weighted by molar-refractivity contribution is 9.10. The zero-order valence-corrected chi connectivity index (χ0v) is 12.4. The molecule has 0 bridgehead atoms. The van der Waals surface area contributed by atoms with Crippen molar-refractivity contribution in [2.45, 2.75) is 26.3 Å². The molecule has 0 aromatic heterocycles. The SMILES string of the molecule is C/C(=C\Cl)COc1c(Br)cccc1CC(C)N. The Kier molecular flexibility index (Phi) is 6.03. The molecule has 4 heteroatoms. The Bertz CT molecular complexity index is 404. The monoisotopic (exact) mass is 317 g/mol. The van der Waals surface area contributed by atoms with Gasteiger partial charge in [-0.3, -0.25) is 0 Å². The Labute approximate surface area is 116 Å². The van der Waals surface area contributed by atoms with E-state index in [-0.39, 0.29) is 6.04 Å². The molecule has 1 unspecified atom stereocenters. The van der Waals surface area contributed by atoms with Crippen LogP contribution in [0.2, 0.25) is 0 Å². The molecule has 0 heterocycles. The van der Waals surface area contributed by atoms with E-state index in [2.05, 4.69) is 15.9 Å². The summed E-state index contributed by atoms with van der Waals surface area (Å²) in [4.78, 5) is 0. The number of ether oxygens (including phenoxy) is 1. The molecule has 2 nitrogen and oxygen atoms in total. The van der Waals surface area contributed by atoms with Gasteiger partial charge < -0.3 is 10.5 Å². The van der Waals surface area contributed by atoms with Crippen LogP contribution in [0, 0.1) is 0 Å². The lowest BCUT2D eigenvalue weighted by Gasteiger charge is -2.14. The first-order valence-corrected chi connectivity index (χ1v) is 6.69. The molecule has 0 saturated heterocycles. The van der Waals surface area contributed by atoms with Gasteiger partial charge in [0.05, 0.1) is 4.47 Å². The molecule has 0 fully saturated rings. The van der Waals surface area contributed by atoms with Crippen molar-refractivity contribution in [2.24, 2.45) is 5.73 Å². The van der Waals surface area contributed by atoms with Gasteiger partial charge in [0.2, 0.25) is 0 Å². The second-order valence-corrected chi connectivity index (χ2v) is 5.23. The van der Waals surface area contributed by atoms with Gasteiger partial charge in [0.15, 0.2) is 0 Å². The minimum absolute atomic E-state index is 0.108. The van der Waals surface area contributed by atoms with Crippen LogP contribution in [-0.2, 0) is 6.42 Å². The number of nitrogens with two attached hydrogens (primary N) is 1. The third kappa shape index (κ3) is 4.70. The topological polar surface area (TPSA) is 35.2 Å². The van der Waals surface area contributed by atoms with Gasteiger partial charge in [-0.2, -0.15) is 0 Å². The van der Waals surface area contributed by atoms with Crippen LogP contribution in [0.4, 0.5) is 0 Å². The molecule has 0 amide bonds. The van der Waals surface area contributed by atoms with Crippen molar-refractivity contribution >= 4 is 27.5 Å². The van der Waals surface area contributed by atoms with Crippen molar-refractivity contribution in [3.8, 4) is 5.75 Å². The Balaban J connectivity index is 2.87. The van der Waals surface area contributed by atoms with Gasteiger partial charge in [-0.15, -0.1) is 0 Å². The van der Waals surface area contributed by atoms with Gasteiger partial charge in [0.25, 0.3) is 0 Å². The Morgan fingerprint density at radius 1 is 1.59 bits per heavy atom. The predicted octanol–water partition coefficient (Wildman–Crippen LogP) is 3.86. The van der Waals surface area contributed by atoms with Crippen molar-refractivity contribution in [2.75, 3.05) is 6.61 Å². The summed E-state index contributed by atoms with van der Waals surface area (Å²) in [5.41, 5.74) is 9.44. The van der Waals surface area contributed by atoms with E-state index in [1.165, 1.54) is 5.54 Å². The van der Waals surface area contributed by atoms with Gasteiger partial charge in [0.1, 0.15) is 12.4 Å². The molecule has 0 spiro atoms. The summed E-state index contributed by atoms with van der Waals surface area (Å²) >= 11 is 9.10. The van der Waals surface area contributed by atoms with Gasteiger partial charge in [-0.25, -0.2) is 0 Å². The molecule has 0 aliphatic carbocycles. The normalized spacial score (nSPS) is 13.6. The van der Waals surface area contributed by atoms with Crippen LogP contribution in [0.15, 0.2) is 33.8 Å². The first-order valence-electron chi connectivity index (χ1n) is 5.46. The van der Waals surface area contributed by atoms with Crippen molar-refractivity contribution in [1.82, 2.24) is 0 Å². The maximum absolute atomic E-state index is 5.82. The number of hydrogen-bond acceptors (Lipinski definition) is 2. The van der Waals surface area contributed by atoms with E-state index in [1.807, 2.05) is 32.0 Å². The second-order valence-electron chi connectivity index (χ2n) is 4.15. The van der Waals surface area contributed by atoms with E-state index in [9.17, 15) is 0 Å². The minimum atomic E-state index is 0.108. The quantitative estimate of drug-likeness (QED) is 0.894. The zero-order valence-electron chi connectivity index (χ0n) is 10.0. The lowest BCUT2D eigenvalue weighted by atomic mass is 10.1. The number of hydrogen-bond donors (Lipinski definition) is 1. The number of rotatable bonds is 5. The lowest BCUT2D eigenvalue weighted by Crippen LogP contribution is -2.18. The summed E-state index contributed by atoms with van der Waals surface area (Å²) in [5, 5.41) is 0. The summed E-state index contributed by atoms with van der Waals surface area (Å²) in [6, 6.07) is 6.08. The molecular formula is C13H17BrClNO. The molecule has 2 N–H and O–H groups in total. The summed E-state index contributed by atoms with van der Waals surface area (Å²) < 4.78 is 6.71. The van der Waals surface area contributed by atoms with Crippen molar-refractivity contribution in [3.05, 3.63) is 39.3 Å². The molecule has 1 aromatic carbocycles. The van der Waals surface area contributed by atoms with Crippen molar-refractivity contribution < 1.29 is 4.74 Å². The summed E-state index contributed by atoms with van der Waals surface area (Å²) in [7, 11) is 0. The fourth-order valence-electron chi connectivity index (χ4n) is 1.44. The zero-order chi connectivity index (χ0) is 12.8. The van der Waals surface area contributed by atoms with Crippen LogP contribution >= 0.6 is 27.5 Å². The Morgan fingerprint density at radius 3 is 2.88 bits per heavy atom. The lowest BCUT2D eigenvalue weighted by molar-refractivity contribution is 0.345. The van der Waals surface area contributed by atoms with Crippen LogP contribution < -0.4 is 10.5 Å². The van der Waals surface area contributed by atoms with Crippen LogP contribution in [0.3, 0.4) is 0 Å². The molecule has 1 rings (SSSR count). The maximum Gasteiger partial charge on any atom is 0.137 e. The third-order valence-corrected chi connectivity index (χ3v) is 3.22. The standard InChI is InChI=1S/C13H17BrClNO/c1-9(7-15)8-17-13-11(6-10(2)16)4-3-5-12(13)14/h3-5,7,10H,6,8,16H2,1-2H3/b9-7+. The molecule has 0 aliphatic heterocycles. The third-order valence-electron chi connectivity index (χ3n) is 2.22. The van der Waals surface area contributed by atoms with Crippen LogP contribution in [0.1, 0.15) is 19.4 Å². The molecule has 0 saturated carbocycles. The average Bonchev–Trinajstić information content (AvgIpc) is 2.27. The van der Waals surface area contributed by atoms with Gasteiger partial charge >= 0.3 is 0 Å². The molecule has 0 radical (unpaired) electrons. The van der Waals surface area contributed by atoms with Gasteiger partial charge in [0, 0.05) is 11.6 Å². The van der Waals surface area contributed by atoms with Crippen LogP contribution in [0.25, 0.3) is 0 Å². The Morgan fingerprint density at radius 2 is 2.29 bits per heavy atom. The predicted molar refractivity (Wildman–Crippen MR) is 76.6 cm³/mol. The molecule has 1 atom stereocenters. The Hall–Kier alpha value is -0.510. The fraction of sp³-hybridized carbons (Fsp3) is 0.385. The largest absolute Gasteiger partial charge is 0.488 e. The van der Waals surface area contributed by atoms with Crippen LogP contribution in [-0.4, -0.2) is 12.6 Å². The summed E-state index contributed by atoms with van der Waals surface area (Å²) in [5.74, 6) is 0.850. The van der Waals surface area contributed by atoms with E-state index in [0.717, 1.165) is 27.8 Å². The summed E-state index contributed by atoms with van der Waals surface area (Å²) in [6.07, 6.45) is 0.790. The minimum Gasteiger partial charge on any atom is -0.488 e. The number of halogens is 2. The van der Waals surface area contributed by atoms with E-state index >= 15 is 0 Å². The fourth-order valence-corrected chi connectivity index (χ4v) is 2.02.